The van der Waals surface area contributed by atoms with Gasteiger partial charge in [-0.25, -0.2) is 0 Å². The molecular formula is C18H19N3O2S. The third-order valence-electron chi connectivity index (χ3n) is 3.88. The number of benzene rings is 1. The second-order valence-corrected chi connectivity index (χ2v) is 6.56. The van der Waals surface area contributed by atoms with Crippen molar-refractivity contribution in [3.63, 3.8) is 0 Å². The van der Waals surface area contributed by atoms with Crippen LogP contribution in [0.4, 0.5) is 4.79 Å². The fourth-order valence-electron chi connectivity index (χ4n) is 2.62. The summed E-state index contributed by atoms with van der Waals surface area (Å²) in [6.07, 6.45) is 2.01. The molecule has 2 heterocycles. The third kappa shape index (κ3) is 4.14. The fourth-order valence-corrected chi connectivity index (χ4v) is 3.47. The molecule has 6 heteroatoms. The molecule has 24 heavy (non-hydrogen) atoms. The molecule has 1 aliphatic heterocycles. The van der Waals surface area contributed by atoms with E-state index in [0.717, 1.165) is 23.6 Å². The van der Waals surface area contributed by atoms with Crippen molar-refractivity contribution in [1.82, 2.24) is 15.2 Å². The summed E-state index contributed by atoms with van der Waals surface area (Å²) in [6, 6.07) is 15.1. The molecule has 1 N–H and O–H groups in total. The summed E-state index contributed by atoms with van der Waals surface area (Å²) in [7, 11) is 0. The molecule has 0 bridgehead atoms. The molecule has 2 aromatic rings. The van der Waals surface area contributed by atoms with Gasteiger partial charge in [-0.05, 0) is 17.7 Å². The Hall–Kier alpha value is -2.34. The van der Waals surface area contributed by atoms with Gasteiger partial charge in [-0.1, -0.05) is 48.2 Å². The second-order valence-electron chi connectivity index (χ2n) is 5.52. The van der Waals surface area contributed by atoms with Crippen molar-refractivity contribution >= 4 is 22.9 Å². The molecule has 0 saturated carbocycles. The summed E-state index contributed by atoms with van der Waals surface area (Å²) in [4.78, 5) is 30.1. The lowest BCUT2D eigenvalue weighted by Crippen LogP contribution is -2.33. The van der Waals surface area contributed by atoms with Gasteiger partial charge in [0.1, 0.15) is 0 Å². The van der Waals surface area contributed by atoms with Crippen LogP contribution in [0.5, 0.6) is 0 Å². The lowest BCUT2D eigenvalue weighted by Gasteiger charge is -2.20. The van der Waals surface area contributed by atoms with Crippen LogP contribution in [0.15, 0.2) is 54.7 Å². The highest BCUT2D eigenvalue weighted by atomic mass is 32.2. The number of nitrogens with zero attached hydrogens (tertiary/aromatic N) is 2. The van der Waals surface area contributed by atoms with E-state index in [2.05, 4.69) is 10.3 Å². The highest BCUT2D eigenvalue weighted by Crippen LogP contribution is 2.21. The fraction of sp³-hybridized carbons (Fsp3) is 0.278. The number of hydrogen-bond acceptors (Lipinski definition) is 4. The van der Waals surface area contributed by atoms with Crippen molar-refractivity contribution in [2.24, 2.45) is 0 Å². The molecule has 5 nitrogen and oxygen atoms in total. The van der Waals surface area contributed by atoms with Crippen LogP contribution in [0.2, 0.25) is 0 Å². The van der Waals surface area contributed by atoms with Crippen molar-refractivity contribution in [3.05, 3.63) is 66.0 Å². The normalized spacial score (nSPS) is 15.3. The van der Waals surface area contributed by atoms with Gasteiger partial charge in [0.25, 0.3) is 5.24 Å². The molecule has 0 radical (unpaired) electrons. The summed E-state index contributed by atoms with van der Waals surface area (Å²) in [5.74, 6) is 0.723. The highest BCUT2D eigenvalue weighted by Gasteiger charge is 2.23. The van der Waals surface area contributed by atoms with E-state index in [9.17, 15) is 9.59 Å². The summed E-state index contributed by atoms with van der Waals surface area (Å²) >= 11 is 1.31. The van der Waals surface area contributed by atoms with Crippen molar-refractivity contribution in [1.29, 1.82) is 0 Å². The van der Waals surface area contributed by atoms with Gasteiger partial charge in [0.15, 0.2) is 0 Å². The van der Waals surface area contributed by atoms with E-state index in [0.29, 0.717) is 13.0 Å². The van der Waals surface area contributed by atoms with Crippen molar-refractivity contribution in [2.75, 3.05) is 18.8 Å². The first-order valence-corrected chi connectivity index (χ1v) is 8.89. The van der Waals surface area contributed by atoms with Gasteiger partial charge in [-0.3, -0.25) is 14.6 Å². The number of rotatable bonds is 6. The van der Waals surface area contributed by atoms with Gasteiger partial charge in [0, 0.05) is 31.5 Å². The first-order valence-electron chi connectivity index (χ1n) is 7.91. The van der Waals surface area contributed by atoms with E-state index in [4.69, 9.17) is 0 Å². The molecule has 1 atom stereocenters. The maximum Gasteiger partial charge on any atom is 0.281 e. The Morgan fingerprint density at radius 1 is 1.21 bits per heavy atom. The van der Waals surface area contributed by atoms with Crippen LogP contribution in [0.3, 0.4) is 0 Å². The Bertz CT molecular complexity index is 654. The van der Waals surface area contributed by atoms with Crippen LogP contribution in [-0.4, -0.2) is 39.9 Å². The molecule has 0 spiro atoms. The largest absolute Gasteiger partial charge is 0.344 e. The maximum absolute atomic E-state index is 12.4. The molecule has 0 unspecified atom stereocenters. The average molecular weight is 341 g/mol. The number of carbonyl (C=O) groups excluding carboxylic acids is 2. The molecule has 124 valence electrons. The Morgan fingerprint density at radius 2 is 2.00 bits per heavy atom. The zero-order valence-electron chi connectivity index (χ0n) is 13.2. The number of aromatic nitrogens is 1. The summed E-state index contributed by atoms with van der Waals surface area (Å²) in [6.45, 7) is 1.18. The molecule has 1 fully saturated rings. The monoisotopic (exact) mass is 341 g/mol. The van der Waals surface area contributed by atoms with Crippen molar-refractivity contribution in [3.8, 4) is 0 Å². The van der Waals surface area contributed by atoms with E-state index < -0.39 is 0 Å². The van der Waals surface area contributed by atoms with Crippen molar-refractivity contribution in [2.45, 2.75) is 12.5 Å². The van der Waals surface area contributed by atoms with Crippen LogP contribution >= 0.6 is 11.8 Å². The van der Waals surface area contributed by atoms with Gasteiger partial charge in [-0.2, -0.15) is 0 Å². The molecule has 3 rings (SSSR count). The second kappa shape index (κ2) is 7.97. The molecule has 1 aliphatic rings. The standard InChI is InChI=1S/C18H19N3O2S/c22-16(9-11-21-12-13-24-18(21)23)20-17(14-6-2-1-3-7-14)15-8-4-5-10-19-15/h1-8,10,17H,9,11-13H2,(H,20,22)/t17-/m1/s1. The summed E-state index contributed by atoms with van der Waals surface area (Å²) in [5.41, 5.74) is 1.78. The zero-order chi connectivity index (χ0) is 16.8. The number of pyridine rings is 1. The Balaban J connectivity index is 1.68. The molecule has 1 aromatic heterocycles. The SMILES string of the molecule is O=C(CCN1CCSC1=O)N[C@H](c1ccccc1)c1ccccn1. The third-order valence-corrected chi connectivity index (χ3v) is 4.77. The summed E-state index contributed by atoms with van der Waals surface area (Å²) < 4.78 is 0. The van der Waals surface area contributed by atoms with E-state index >= 15 is 0 Å². The first-order chi connectivity index (χ1) is 11.7. The number of thioether (sulfide) groups is 1. The zero-order valence-corrected chi connectivity index (χ0v) is 14.0. The van der Waals surface area contributed by atoms with E-state index in [1.807, 2.05) is 48.5 Å². The van der Waals surface area contributed by atoms with Crippen molar-refractivity contribution < 1.29 is 9.59 Å². The predicted molar refractivity (Wildman–Crippen MR) is 94.7 cm³/mol. The summed E-state index contributed by atoms with van der Waals surface area (Å²) in [5, 5.41) is 3.10. The van der Waals surface area contributed by atoms with E-state index in [1.165, 1.54) is 11.8 Å². The van der Waals surface area contributed by atoms with Crippen LogP contribution in [0, 0.1) is 0 Å². The minimum atomic E-state index is -0.288. The van der Waals surface area contributed by atoms with Crippen LogP contribution in [0.1, 0.15) is 23.7 Å². The van der Waals surface area contributed by atoms with Crippen LogP contribution < -0.4 is 5.32 Å². The lowest BCUT2D eigenvalue weighted by molar-refractivity contribution is -0.121. The molecular weight excluding hydrogens is 322 g/mol. The minimum absolute atomic E-state index is 0.0622. The molecule has 1 aromatic carbocycles. The average Bonchev–Trinajstić information content (AvgIpc) is 3.04. The minimum Gasteiger partial charge on any atom is -0.344 e. The quantitative estimate of drug-likeness (QED) is 0.878. The van der Waals surface area contributed by atoms with Crippen LogP contribution in [0.25, 0.3) is 0 Å². The Kier molecular flexibility index (Phi) is 5.48. The van der Waals surface area contributed by atoms with Gasteiger partial charge in [0.2, 0.25) is 5.91 Å². The molecule has 2 amide bonds. The maximum atomic E-state index is 12.4. The van der Waals surface area contributed by atoms with Gasteiger partial charge in [-0.15, -0.1) is 0 Å². The number of carbonyl (C=O) groups is 2. The first kappa shape index (κ1) is 16.5. The topological polar surface area (TPSA) is 62.3 Å². The van der Waals surface area contributed by atoms with E-state index in [1.54, 1.807) is 11.1 Å². The van der Waals surface area contributed by atoms with Crippen LogP contribution in [-0.2, 0) is 4.79 Å². The number of amides is 2. The number of hydrogen-bond donors (Lipinski definition) is 1. The highest BCUT2D eigenvalue weighted by molar-refractivity contribution is 8.13. The lowest BCUT2D eigenvalue weighted by atomic mass is 10.0. The van der Waals surface area contributed by atoms with Gasteiger partial charge in [0.05, 0.1) is 11.7 Å². The Morgan fingerprint density at radius 3 is 2.67 bits per heavy atom. The Labute approximate surface area is 145 Å². The van der Waals surface area contributed by atoms with E-state index in [-0.39, 0.29) is 17.2 Å². The van der Waals surface area contributed by atoms with Gasteiger partial charge >= 0.3 is 0 Å². The number of nitrogens with one attached hydrogen (secondary N) is 1. The molecule has 1 saturated heterocycles. The predicted octanol–water partition coefficient (Wildman–Crippen LogP) is 2.85. The smallest absolute Gasteiger partial charge is 0.281 e. The molecule has 0 aliphatic carbocycles. The van der Waals surface area contributed by atoms with Gasteiger partial charge < -0.3 is 10.2 Å².